The molecule has 11 heavy (non-hydrogen) atoms. The van der Waals surface area contributed by atoms with Crippen LogP contribution in [0.1, 0.15) is 0 Å². The molecule has 0 aromatic rings. The van der Waals surface area contributed by atoms with Crippen molar-refractivity contribution in [3.05, 3.63) is 27.5 Å². The maximum absolute atomic E-state index is 11.1. The molecule has 0 N–H and O–H groups in total. The van der Waals surface area contributed by atoms with E-state index >= 15 is 0 Å². The third-order valence-corrected chi connectivity index (χ3v) is 2.66. The van der Waals surface area contributed by atoms with Gasteiger partial charge in [-0.1, -0.05) is 0 Å². The molecule has 0 unspecified atom stereocenters. The number of Topliss-reactive ketones (excluding diaryl/α,β-unsaturated/α-hetero) is 1. The molecule has 1 radical (unpaired) electrons. The third-order valence-electron chi connectivity index (χ3n) is 1.24. The van der Waals surface area contributed by atoms with Gasteiger partial charge in [-0.2, -0.15) is 0 Å². The van der Waals surface area contributed by atoms with Crippen molar-refractivity contribution in [3.8, 4) is 0 Å². The van der Waals surface area contributed by atoms with Crippen molar-refractivity contribution in [2.45, 2.75) is 0 Å². The number of hydrogen-bond donors (Lipinski definition) is 0. The quantitative estimate of drug-likeness (QED) is 0.635. The molecule has 1 aliphatic carbocycles. The molecular weight excluding hydrogens is 276 g/mol. The zero-order valence-electron chi connectivity index (χ0n) is 5.36. The van der Waals surface area contributed by atoms with Crippen molar-refractivity contribution in [1.29, 1.82) is 0 Å². The van der Waals surface area contributed by atoms with Gasteiger partial charge in [-0.05, 0) is 38.8 Å². The Morgan fingerprint density at radius 2 is 1.82 bits per heavy atom. The molecule has 0 saturated heterocycles. The molecule has 1 rings (SSSR count). The van der Waals surface area contributed by atoms with Gasteiger partial charge >= 0.3 is 0 Å². The molecule has 1 aliphatic rings. The molecule has 0 heterocycles. The van der Waals surface area contributed by atoms with Gasteiger partial charge in [0.2, 0.25) is 5.78 Å². The van der Waals surface area contributed by atoms with Crippen LogP contribution in [-0.4, -0.2) is 11.6 Å². The van der Waals surface area contributed by atoms with Gasteiger partial charge in [0.1, 0.15) is 0 Å². The first kappa shape index (κ1) is 8.87. The van der Waals surface area contributed by atoms with E-state index in [0.29, 0.717) is 0 Å². The van der Waals surface area contributed by atoms with E-state index in [1.165, 1.54) is 6.08 Å². The van der Waals surface area contributed by atoms with E-state index in [4.69, 9.17) is 0 Å². The highest BCUT2D eigenvalue weighted by molar-refractivity contribution is 9.13. The van der Waals surface area contributed by atoms with Crippen LogP contribution in [0.3, 0.4) is 0 Å². The number of rotatable bonds is 0. The summed E-state index contributed by atoms with van der Waals surface area (Å²) in [7, 11) is 0. The lowest BCUT2D eigenvalue weighted by Gasteiger charge is -2.07. The Morgan fingerprint density at radius 1 is 1.27 bits per heavy atom. The fraction of sp³-hybridized carbons (Fsp3) is 0. The molecule has 0 saturated carbocycles. The van der Waals surface area contributed by atoms with E-state index in [0.717, 1.165) is 0 Å². The fourth-order valence-corrected chi connectivity index (χ4v) is 1.70. The predicted molar refractivity (Wildman–Crippen MR) is 48.3 cm³/mol. The first-order chi connectivity index (χ1) is 5.04. The Balaban J connectivity index is 3.19. The summed E-state index contributed by atoms with van der Waals surface area (Å²) in [4.78, 5) is 22.0. The average Bonchev–Trinajstić information content (AvgIpc) is 1.97. The van der Waals surface area contributed by atoms with Crippen LogP contribution in [0.4, 0.5) is 0 Å². The Kier molecular flexibility index (Phi) is 2.44. The van der Waals surface area contributed by atoms with Crippen LogP contribution >= 0.6 is 31.9 Å². The largest absolute Gasteiger partial charge is 0.290 e. The number of carbonyl (C=O) groups excluding carboxylic acids is 2. The average molecular weight is 279 g/mol. The van der Waals surface area contributed by atoms with Crippen molar-refractivity contribution in [3.63, 3.8) is 0 Å². The van der Waals surface area contributed by atoms with Gasteiger partial charge in [-0.3, -0.25) is 9.59 Å². The van der Waals surface area contributed by atoms with Crippen molar-refractivity contribution >= 4 is 43.4 Å². The maximum atomic E-state index is 11.1. The first-order valence-electron chi connectivity index (χ1n) is 2.72. The molecule has 0 amide bonds. The van der Waals surface area contributed by atoms with Gasteiger partial charge in [-0.25, -0.2) is 0 Å². The molecule has 0 aromatic heterocycles. The van der Waals surface area contributed by atoms with E-state index in [1.807, 2.05) is 0 Å². The van der Waals surface area contributed by atoms with Crippen LogP contribution in [-0.2, 0) is 9.59 Å². The minimum atomic E-state index is -0.247. The van der Waals surface area contributed by atoms with E-state index < -0.39 is 0 Å². The van der Waals surface area contributed by atoms with Gasteiger partial charge in [0.15, 0.2) is 5.78 Å². The Bertz CT molecular complexity index is 300. The van der Waals surface area contributed by atoms with Crippen LogP contribution in [0.5, 0.6) is 0 Å². The SMILES string of the molecule is [CH2]C1=C(Br)C(=O)C(Br)=CC1=O. The Labute approximate surface area is 80.6 Å². The summed E-state index contributed by atoms with van der Waals surface area (Å²) in [5.74, 6) is -0.488. The van der Waals surface area contributed by atoms with Crippen molar-refractivity contribution in [2.75, 3.05) is 0 Å². The van der Waals surface area contributed by atoms with Crippen LogP contribution in [0.15, 0.2) is 20.6 Å². The van der Waals surface area contributed by atoms with Crippen molar-refractivity contribution in [2.24, 2.45) is 0 Å². The summed E-state index contributed by atoms with van der Waals surface area (Å²) in [6.07, 6.45) is 1.22. The minimum Gasteiger partial charge on any atom is -0.290 e. The predicted octanol–water partition coefficient (Wildman–Crippen LogP) is 1.90. The molecule has 0 fully saturated rings. The zero-order valence-corrected chi connectivity index (χ0v) is 8.53. The molecule has 0 bridgehead atoms. The molecule has 0 aliphatic heterocycles. The van der Waals surface area contributed by atoms with Crippen LogP contribution < -0.4 is 0 Å². The molecule has 0 spiro atoms. The number of carbonyl (C=O) groups is 2. The highest BCUT2D eigenvalue weighted by Crippen LogP contribution is 2.25. The zero-order chi connectivity index (χ0) is 8.59. The topological polar surface area (TPSA) is 34.1 Å². The van der Waals surface area contributed by atoms with Crippen molar-refractivity contribution < 1.29 is 9.59 Å². The first-order valence-corrected chi connectivity index (χ1v) is 4.30. The Morgan fingerprint density at radius 3 is 2.36 bits per heavy atom. The summed E-state index contributed by atoms with van der Waals surface area (Å²) in [5.41, 5.74) is 0.207. The number of hydrogen-bond acceptors (Lipinski definition) is 2. The monoisotopic (exact) mass is 277 g/mol. The highest BCUT2D eigenvalue weighted by Gasteiger charge is 2.22. The summed E-state index contributed by atoms with van der Waals surface area (Å²) >= 11 is 5.94. The standard InChI is InChI=1S/C7H3Br2O2/c1-3-5(10)2-4(8)7(11)6(3)9/h2H,1H2. The number of allylic oxidation sites excluding steroid dienone is 4. The Hall–Kier alpha value is -0.220. The van der Waals surface area contributed by atoms with E-state index in [2.05, 4.69) is 38.8 Å². The van der Waals surface area contributed by atoms with Crippen molar-refractivity contribution in [1.82, 2.24) is 0 Å². The lowest BCUT2D eigenvalue weighted by molar-refractivity contribution is -0.114. The van der Waals surface area contributed by atoms with E-state index in [1.54, 1.807) is 0 Å². The lowest BCUT2D eigenvalue weighted by atomic mass is 10.1. The third kappa shape index (κ3) is 1.51. The lowest BCUT2D eigenvalue weighted by Crippen LogP contribution is -2.11. The molecule has 0 aromatic carbocycles. The molecule has 57 valence electrons. The summed E-state index contributed by atoms with van der Waals surface area (Å²) in [5, 5.41) is 0. The number of ketones is 2. The summed E-state index contributed by atoms with van der Waals surface area (Å²) < 4.78 is 0.499. The minimum absolute atomic E-state index is 0.207. The maximum Gasteiger partial charge on any atom is 0.207 e. The molecular formula is C7H3Br2O2. The van der Waals surface area contributed by atoms with Gasteiger partial charge in [0.05, 0.1) is 8.96 Å². The second-order valence-corrected chi connectivity index (χ2v) is 3.63. The van der Waals surface area contributed by atoms with Gasteiger partial charge in [0, 0.05) is 11.6 Å². The summed E-state index contributed by atoms with van der Waals surface area (Å²) in [6.45, 7) is 3.44. The molecule has 2 nitrogen and oxygen atoms in total. The normalized spacial score (nSPS) is 19.0. The molecule has 4 heteroatoms. The van der Waals surface area contributed by atoms with Crippen LogP contribution in [0, 0.1) is 6.92 Å². The summed E-state index contributed by atoms with van der Waals surface area (Å²) in [6, 6.07) is 0. The second-order valence-electron chi connectivity index (χ2n) is 1.98. The van der Waals surface area contributed by atoms with E-state index in [-0.39, 0.29) is 26.1 Å². The highest BCUT2D eigenvalue weighted by atomic mass is 79.9. The van der Waals surface area contributed by atoms with Gasteiger partial charge < -0.3 is 0 Å². The van der Waals surface area contributed by atoms with Gasteiger partial charge in [-0.15, -0.1) is 0 Å². The second kappa shape index (κ2) is 3.03. The molecule has 0 atom stereocenters. The van der Waals surface area contributed by atoms with Gasteiger partial charge in [0.25, 0.3) is 0 Å². The van der Waals surface area contributed by atoms with Crippen LogP contribution in [0.2, 0.25) is 0 Å². The van der Waals surface area contributed by atoms with Crippen LogP contribution in [0.25, 0.3) is 0 Å². The van der Waals surface area contributed by atoms with E-state index in [9.17, 15) is 9.59 Å². The fourth-order valence-electron chi connectivity index (χ4n) is 0.618. The smallest absolute Gasteiger partial charge is 0.207 e. The number of halogens is 2.